The smallest absolute Gasteiger partial charge is 0.173 e. The molecular weight excluding hydrogens is 146 g/mol. The van der Waals surface area contributed by atoms with Gasteiger partial charge in [0.05, 0.1) is 0 Å². The molecule has 0 heterocycles. The highest BCUT2D eigenvalue weighted by atomic mass is 32.2. The Hall–Kier alpha value is -0.220. The van der Waals surface area contributed by atoms with Crippen LogP contribution in [-0.2, 0) is 0 Å². The molecule has 0 unspecified atom stereocenters. The molecule has 0 rings (SSSR count). The molecule has 0 saturated heterocycles. The maximum Gasteiger partial charge on any atom is 0.173 e. The number of thioether (sulfide) groups is 1. The Morgan fingerprint density at radius 2 is 1.80 bits per heavy atom. The van der Waals surface area contributed by atoms with Crippen molar-refractivity contribution in [3.8, 4) is 0 Å². The van der Waals surface area contributed by atoms with E-state index in [9.17, 15) is 0 Å². The number of hydrogen-bond donors (Lipinski definition) is 0. The fourth-order valence-electron chi connectivity index (χ4n) is 0.539. The highest BCUT2D eigenvalue weighted by Gasteiger charge is 2.04. The molecule has 0 spiro atoms. The van der Waals surface area contributed by atoms with Crippen LogP contribution in [0.2, 0.25) is 0 Å². The summed E-state index contributed by atoms with van der Waals surface area (Å²) >= 11 is 1.64. The molecule has 0 atom stereocenters. The summed E-state index contributed by atoms with van der Waals surface area (Å²) in [7, 11) is 7.76. The van der Waals surface area contributed by atoms with Crippen LogP contribution in [0.15, 0.2) is 4.99 Å². The maximum absolute atomic E-state index is 4.09. The monoisotopic (exact) mass is 161 g/mol. The second-order valence-electron chi connectivity index (χ2n) is 2.08. The third kappa shape index (κ3) is 2.58. The summed E-state index contributed by atoms with van der Waals surface area (Å²) in [5.41, 5.74) is 0. The topological polar surface area (TPSA) is 18.8 Å². The van der Waals surface area contributed by atoms with Crippen molar-refractivity contribution in [1.29, 1.82) is 0 Å². The van der Waals surface area contributed by atoms with E-state index in [4.69, 9.17) is 0 Å². The van der Waals surface area contributed by atoms with Gasteiger partial charge in [-0.05, 0) is 6.26 Å². The van der Waals surface area contributed by atoms with E-state index in [1.54, 1.807) is 18.8 Å². The zero-order valence-electron chi connectivity index (χ0n) is 7.25. The van der Waals surface area contributed by atoms with E-state index in [2.05, 4.69) is 4.99 Å². The summed E-state index contributed by atoms with van der Waals surface area (Å²) < 4.78 is 0. The Morgan fingerprint density at radius 1 is 1.30 bits per heavy atom. The molecule has 0 aliphatic heterocycles. The summed E-state index contributed by atoms with van der Waals surface area (Å²) in [6.45, 7) is 0. The summed E-state index contributed by atoms with van der Waals surface area (Å²) in [4.78, 5) is 4.09. The van der Waals surface area contributed by atoms with Gasteiger partial charge in [0, 0.05) is 28.2 Å². The zero-order chi connectivity index (χ0) is 8.15. The van der Waals surface area contributed by atoms with Crippen LogP contribution >= 0.6 is 11.8 Å². The van der Waals surface area contributed by atoms with Gasteiger partial charge in [-0.2, -0.15) is 0 Å². The molecule has 0 radical (unpaired) electrons. The number of aliphatic imine (C=N–C) groups is 1. The first kappa shape index (κ1) is 9.78. The molecule has 0 bridgehead atoms. The van der Waals surface area contributed by atoms with Crippen LogP contribution in [0.4, 0.5) is 0 Å². The fraction of sp³-hybridized carbons (Fsp3) is 0.833. The van der Waals surface area contributed by atoms with Crippen molar-refractivity contribution in [2.45, 2.75) is 0 Å². The second-order valence-corrected chi connectivity index (χ2v) is 2.85. The standard InChI is InChI=1S/C6H15N3S/c1-7-6(10-5)9(4)8(2)3/h1-5H3. The average Bonchev–Trinajstić information content (AvgIpc) is 1.90. The van der Waals surface area contributed by atoms with Crippen molar-refractivity contribution in [3.63, 3.8) is 0 Å². The molecule has 0 amide bonds. The Kier molecular flexibility index (Phi) is 4.47. The predicted molar refractivity (Wildman–Crippen MR) is 48.3 cm³/mol. The van der Waals surface area contributed by atoms with E-state index in [1.165, 1.54) is 0 Å². The molecular formula is C6H15N3S. The number of hydrazine groups is 1. The van der Waals surface area contributed by atoms with Crippen molar-refractivity contribution < 1.29 is 0 Å². The molecule has 0 fully saturated rings. The van der Waals surface area contributed by atoms with E-state index in [0.29, 0.717) is 0 Å². The van der Waals surface area contributed by atoms with Crippen LogP contribution < -0.4 is 0 Å². The largest absolute Gasteiger partial charge is 0.288 e. The lowest BCUT2D eigenvalue weighted by Gasteiger charge is -2.25. The molecule has 0 N–H and O–H groups in total. The Balaban J connectivity index is 4.03. The van der Waals surface area contributed by atoms with Crippen LogP contribution in [0.3, 0.4) is 0 Å². The van der Waals surface area contributed by atoms with Gasteiger partial charge in [-0.25, -0.2) is 5.01 Å². The Morgan fingerprint density at radius 3 is 1.90 bits per heavy atom. The van der Waals surface area contributed by atoms with Crippen LogP contribution in [0, 0.1) is 0 Å². The minimum absolute atomic E-state index is 1.02. The predicted octanol–water partition coefficient (Wildman–Crippen LogP) is 0.744. The molecule has 0 aliphatic rings. The Bertz CT molecular complexity index is 122. The second kappa shape index (κ2) is 4.57. The first-order valence-corrected chi connectivity index (χ1v) is 4.27. The highest BCUT2D eigenvalue weighted by molar-refractivity contribution is 8.13. The number of rotatable bonds is 1. The van der Waals surface area contributed by atoms with Gasteiger partial charge in [-0.15, -0.1) is 0 Å². The normalized spacial score (nSPS) is 12.4. The molecule has 0 aromatic carbocycles. The third-order valence-corrected chi connectivity index (χ3v) is 2.06. The van der Waals surface area contributed by atoms with Gasteiger partial charge in [0.25, 0.3) is 0 Å². The summed E-state index contributed by atoms with van der Waals surface area (Å²) in [5, 5.41) is 4.99. The van der Waals surface area contributed by atoms with Gasteiger partial charge in [0.15, 0.2) is 5.17 Å². The first-order valence-electron chi connectivity index (χ1n) is 3.05. The van der Waals surface area contributed by atoms with Crippen LogP contribution in [0.1, 0.15) is 0 Å². The number of nitrogens with zero attached hydrogens (tertiary/aromatic N) is 3. The average molecular weight is 161 g/mol. The van der Waals surface area contributed by atoms with Crippen molar-refractivity contribution in [2.24, 2.45) is 4.99 Å². The van der Waals surface area contributed by atoms with Gasteiger partial charge in [0.2, 0.25) is 0 Å². The summed E-state index contributed by atoms with van der Waals surface area (Å²) in [6.07, 6.45) is 2.02. The van der Waals surface area contributed by atoms with Gasteiger partial charge in [-0.3, -0.25) is 10.0 Å². The maximum atomic E-state index is 4.09. The van der Waals surface area contributed by atoms with E-state index in [0.717, 1.165) is 5.17 Å². The molecule has 10 heavy (non-hydrogen) atoms. The minimum Gasteiger partial charge on any atom is -0.288 e. The first-order chi connectivity index (χ1) is 4.63. The quantitative estimate of drug-likeness (QED) is 0.321. The van der Waals surface area contributed by atoms with Gasteiger partial charge in [0.1, 0.15) is 0 Å². The molecule has 0 saturated carbocycles. The molecule has 60 valence electrons. The molecule has 0 aliphatic carbocycles. The van der Waals surface area contributed by atoms with Gasteiger partial charge < -0.3 is 0 Å². The number of amidine groups is 1. The van der Waals surface area contributed by atoms with Crippen LogP contribution in [-0.4, -0.2) is 49.6 Å². The zero-order valence-corrected chi connectivity index (χ0v) is 8.07. The van der Waals surface area contributed by atoms with Gasteiger partial charge in [-0.1, -0.05) is 11.8 Å². The summed E-state index contributed by atoms with van der Waals surface area (Å²) in [6, 6.07) is 0. The van der Waals surface area contributed by atoms with Crippen LogP contribution in [0.25, 0.3) is 0 Å². The third-order valence-electron chi connectivity index (χ3n) is 1.25. The fourth-order valence-corrected chi connectivity index (χ4v) is 1.15. The molecule has 0 aromatic heterocycles. The lowest BCUT2D eigenvalue weighted by atomic mass is 10.9. The van der Waals surface area contributed by atoms with Crippen molar-refractivity contribution in [1.82, 2.24) is 10.0 Å². The number of hydrogen-bond acceptors (Lipinski definition) is 3. The van der Waals surface area contributed by atoms with Gasteiger partial charge >= 0.3 is 0 Å². The molecule has 0 aromatic rings. The van der Waals surface area contributed by atoms with E-state index < -0.39 is 0 Å². The van der Waals surface area contributed by atoms with E-state index in [1.807, 2.05) is 37.4 Å². The van der Waals surface area contributed by atoms with Crippen LogP contribution in [0.5, 0.6) is 0 Å². The Labute approximate surface area is 67.1 Å². The van der Waals surface area contributed by atoms with E-state index in [-0.39, 0.29) is 0 Å². The summed E-state index contributed by atoms with van der Waals surface area (Å²) in [5.74, 6) is 0. The highest BCUT2D eigenvalue weighted by Crippen LogP contribution is 2.02. The SMILES string of the molecule is CN=C(SC)N(C)N(C)C. The van der Waals surface area contributed by atoms with Crippen molar-refractivity contribution >= 4 is 16.9 Å². The molecule has 4 heteroatoms. The lowest BCUT2D eigenvalue weighted by molar-refractivity contribution is 0.149. The lowest BCUT2D eigenvalue weighted by Crippen LogP contribution is -2.36. The van der Waals surface area contributed by atoms with Crippen molar-refractivity contribution in [2.75, 3.05) is 34.4 Å². The molecule has 3 nitrogen and oxygen atoms in total. The van der Waals surface area contributed by atoms with E-state index >= 15 is 0 Å². The van der Waals surface area contributed by atoms with Crippen molar-refractivity contribution in [3.05, 3.63) is 0 Å². The minimum atomic E-state index is 1.02.